The topological polar surface area (TPSA) is 38.1 Å². The van der Waals surface area contributed by atoms with E-state index in [9.17, 15) is 4.79 Å². The number of hydrogen-bond donors (Lipinski definition) is 0. The van der Waals surface area contributed by atoms with Gasteiger partial charge >= 0.3 is 0 Å². The average molecular weight is 235 g/mol. The van der Waals surface area contributed by atoms with E-state index in [4.69, 9.17) is 0 Å². The molecule has 17 heavy (non-hydrogen) atoms. The number of carbonyl (C=O) groups excluding carboxylic acids is 1. The molecule has 1 fully saturated rings. The summed E-state index contributed by atoms with van der Waals surface area (Å²) >= 11 is 0. The molecule has 0 bridgehead atoms. The third-order valence-corrected chi connectivity index (χ3v) is 3.64. The van der Waals surface area contributed by atoms with Gasteiger partial charge in [0.2, 0.25) is 0 Å². The molecule has 0 N–H and O–H groups in total. The molecule has 0 aromatic carbocycles. The number of rotatable bonds is 4. The lowest BCUT2D eigenvalue weighted by Gasteiger charge is -2.19. The quantitative estimate of drug-likeness (QED) is 0.751. The summed E-state index contributed by atoms with van der Waals surface area (Å²) < 4.78 is 1.84. The number of aldehydes is 1. The maximum absolute atomic E-state index is 11.1. The second-order valence-electron chi connectivity index (χ2n) is 4.95. The number of anilines is 1. The molecule has 0 spiro atoms. The van der Waals surface area contributed by atoms with E-state index in [1.54, 1.807) is 0 Å². The lowest BCUT2D eigenvalue weighted by atomic mass is 10.0. The first-order valence-electron chi connectivity index (χ1n) is 6.41. The Hall–Kier alpha value is -1.32. The zero-order valence-corrected chi connectivity index (χ0v) is 10.9. The van der Waals surface area contributed by atoms with Crippen molar-refractivity contribution < 1.29 is 4.79 Å². The normalized spacial score (nSPS) is 19.9. The Kier molecular flexibility index (Phi) is 3.50. The Morgan fingerprint density at radius 1 is 1.53 bits per heavy atom. The van der Waals surface area contributed by atoms with Crippen molar-refractivity contribution >= 4 is 12.1 Å². The number of carbonyl (C=O) groups is 1. The van der Waals surface area contributed by atoms with Crippen LogP contribution in [0.4, 0.5) is 5.82 Å². The Morgan fingerprint density at radius 3 is 2.94 bits per heavy atom. The summed E-state index contributed by atoms with van der Waals surface area (Å²) in [7, 11) is 1.92. The molecule has 94 valence electrons. The van der Waals surface area contributed by atoms with Gasteiger partial charge in [0.25, 0.3) is 0 Å². The molecule has 1 aliphatic heterocycles. The van der Waals surface area contributed by atoms with Gasteiger partial charge in [0.1, 0.15) is 5.82 Å². The van der Waals surface area contributed by atoms with Gasteiger partial charge in [-0.1, -0.05) is 13.3 Å². The van der Waals surface area contributed by atoms with Crippen LogP contribution in [-0.4, -0.2) is 29.2 Å². The third-order valence-electron chi connectivity index (χ3n) is 3.64. The molecule has 1 atom stereocenters. The summed E-state index contributed by atoms with van der Waals surface area (Å²) in [6.45, 7) is 6.23. The van der Waals surface area contributed by atoms with Gasteiger partial charge < -0.3 is 4.90 Å². The lowest BCUT2D eigenvalue weighted by molar-refractivity contribution is 0.112. The van der Waals surface area contributed by atoms with Gasteiger partial charge in [-0.3, -0.25) is 9.48 Å². The van der Waals surface area contributed by atoms with Crippen LogP contribution in [-0.2, 0) is 7.05 Å². The van der Waals surface area contributed by atoms with Crippen molar-refractivity contribution in [1.82, 2.24) is 9.78 Å². The van der Waals surface area contributed by atoms with Gasteiger partial charge in [-0.25, -0.2) is 0 Å². The van der Waals surface area contributed by atoms with Crippen molar-refractivity contribution in [2.45, 2.75) is 33.1 Å². The first-order valence-corrected chi connectivity index (χ1v) is 6.41. The van der Waals surface area contributed by atoms with E-state index >= 15 is 0 Å². The van der Waals surface area contributed by atoms with Gasteiger partial charge in [-0.05, 0) is 25.7 Å². The van der Waals surface area contributed by atoms with Crippen molar-refractivity contribution in [3.63, 3.8) is 0 Å². The molecular weight excluding hydrogens is 214 g/mol. The summed E-state index contributed by atoms with van der Waals surface area (Å²) in [5, 5.41) is 4.34. The predicted octanol–water partition coefficient (Wildman–Crippen LogP) is 2.17. The van der Waals surface area contributed by atoms with Crippen molar-refractivity contribution in [2.75, 3.05) is 18.0 Å². The van der Waals surface area contributed by atoms with E-state index in [1.807, 2.05) is 18.7 Å². The highest BCUT2D eigenvalue weighted by Gasteiger charge is 2.26. The molecule has 1 unspecified atom stereocenters. The van der Waals surface area contributed by atoms with Crippen LogP contribution in [0.2, 0.25) is 0 Å². The first kappa shape index (κ1) is 12.1. The Bertz CT molecular complexity index is 411. The van der Waals surface area contributed by atoms with E-state index in [2.05, 4.69) is 16.9 Å². The number of aryl methyl sites for hydroxylation is 2. The van der Waals surface area contributed by atoms with Crippen molar-refractivity contribution in [3.8, 4) is 0 Å². The zero-order chi connectivity index (χ0) is 12.4. The number of aromatic nitrogens is 2. The van der Waals surface area contributed by atoms with Crippen molar-refractivity contribution in [2.24, 2.45) is 13.0 Å². The monoisotopic (exact) mass is 235 g/mol. The lowest BCUT2D eigenvalue weighted by Crippen LogP contribution is -2.23. The van der Waals surface area contributed by atoms with Gasteiger partial charge in [-0.15, -0.1) is 0 Å². The molecule has 4 heteroatoms. The molecule has 0 radical (unpaired) electrons. The van der Waals surface area contributed by atoms with Crippen molar-refractivity contribution in [1.29, 1.82) is 0 Å². The fourth-order valence-electron chi connectivity index (χ4n) is 2.84. The summed E-state index contributed by atoms with van der Waals surface area (Å²) in [4.78, 5) is 13.5. The fraction of sp³-hybridized carbons (Fsp3) is 0.692. The van der Waals surface area contributed by atoms with Crippen LogP contribution < -0.4 is 4.90 Å². The van der Waals surface area contributed by atoms with Crippen LogP contribution in [0.3, 0.4) is 0 Å². The smallest absolute Gasteiger partial charge is 0.155 e. The number of hydrogen-bond acceptors (Lipinski definition) is 3. The zero-order valence-electron chi connectivity index (χ0n) is 10.9. The highest BCUT2D eigenvalue weighted by molar-refractivity contribution is 5.84. The van der Waals surface area contributed by atoms with Crippen LogP contribution in [0.5, 0.6) is 0 Å². The summed E-state index contributed by atoms with van der Waals surface area (Å²) in [6.07, 6.45) is 4.69. The predicted molar refractivity (Wildman–Crippen MR) is 68.6 cm³/mol. The summed E-state index contributed by atoms with van der Waals surface area (Å²) in [6, 6.07) is 0. The van der Waals surface area contributed by atoms with Gasteiger partial charge in [0.05, 0.1) is 11.3 Å². The Morgan fingerprint density at radius 2 is 2.29 bits per heavy atom. The molecule has 0 aliphatic carbocycles. The molecule has 1 aromatic rings. The van der Waals surface area contributed by atoms with E-state index in [-0.39, 0.29) is 0 Å². The fourth-order valence-corrected chi connectivity index (χ4v) is 2.84. The molecule has 0 amide bonds. The Labute approximate surface area is 103 Å². The van der Waals surface area contributed by atoms with Gasteiger partial charge in [0, 0.05) is 20.1 Å². The highest BCUT2D eigenvalue weighted by Crippen LogP contribution is 2.29. The number of nitrogens with zero attached hydrogens (tertiary/aromatic N) is 3. The molecule has 1 saturated heterocycles. The molecule has 4 nitrogen and oxygen atoms in total. The molecule has 2 rings (SSSR count). The van der Waals surface area contributed by atoms with Crippen LogP contribution in [0.15, 0.2) is 0 Å². The highest BCUT2D eigenvalue weighted by atomic mass is 16.1. The minimum absolute atomic E-state index is 0.754. The molecule has 2 heterocycles. The minimum Gasteiger partial charge on any atom is -0.356 e. The van der Waals surface area contributed by atoms with Crippen LogP contribution >= 0.6 is 0 Å². The largest absolute Gasteiger partial charge is 0.356 e. The van der Waals surface area contributed by atoms with Gasteiger partial charge in [0.15, 0.2) is 6.29 Å². The van der Waals surface area contributed by atoms with E-state index in [1.165, 1.54) is 19.3 Å². The van der Waals surface area contributed by atoms with Crippen LogP contribution in [0.25, 0.3) is 0 Å². The van der Waals surface area contributed by atoms with E-state index in [0.717, 1.165) is 42.4 Å². The minimum atomic E-state index is 0.754. The molecule has 0 saturated carbocycles. The van der Waals surface area contributed by atoms with E-state index < -0.39 is 0 Å². The first-order chi connectivity index (χ1) is 8.17. The van der Waals surface area contributed by atoms with Crippen molar-refractivity contribution in [3.05, 3.63) is 11.3 Å². The molecule has 1 aromatic heterocycles. The van der Waals surface area contributed by atoms with Gasteiger partial charge in [-0.2, -0.15) is 5.10 Å². The van der Waals surface area contributed by atoms with Crippen LogP contribution in [0.1, 0.15) is 42.2 Å². The second kappa shape index (κ2) is 4.90. The van der Waals surface area contributed by atoms with E-state index in [0.29, 0.717) is 0 Å². The SMILES string of the molecule is CCCC1CCN(c2c(C=O)c(C)nn2C)C1. The van der Waals surface area contributed by atoms with Crippen LogP contribution in [0, 0.1) is 12.8 Å². The maximum Gasteiger partial charge on any atom is 0.155 e. The molecule has 1 aliphatic rings. The third kappa shape index (κ3) is 2.21. The Balaban J connectivity index is 2.21. The average Bonchev–Trinajstić information content (AvgIpc) is 2.83. The maximum atomic E-state index is 11.1. The standard InChI is InChI=1S/C13H21N3O/c1-4-5-11-6-7-16(8-11)13-12(9-17)10(2)14-15(13)3/h9,11H,4-8H2,1-3H3. The summed E-state index contributed by atoms with van der Waals surface area (Å²) in [5.41, 5.74) is 1.58. The second-order valence-corrected chi connectivity index (χ2v) is 4.95. The molecular formula is C13H21N3O. The summed E-state index contributed by atoms with van der Waals surface area (Å²) in [5.74, 6) is 1.77.